The highest BCUT2D eigenvalue weighted by atomic mass is 32.2. The largest absolute Gasteiger partial charge is 0.417 e. The molecule has 22 heavy (non-hydrogen) atoms. The molecule has 1 fully saturated rings. The van der Waals surface area contributed by atoms with Crippen LogP contribution in [0.15, 0.2) is 17.0 Å². The van der Waals surface area contributed by atoms with E-state index in [4.69, 9.17) is 0 Å². The standard InChI is InChI=1S/C15H17F3N2OS/c1-8(2)22-9-5-10-12-7-19-3-4-20(12)14(21)13(10)11(6-9)15(16,17)18/h5-6,8,12,19H,3-4,7H2,1-2H3/t12-/m0/s1. The van der Waals surface area contributed by atoms with Crippen LogP contribution in [0.1, 0.15) is 41.4 Å². The number of hydrogen-bond acceptors (Lipinski definition) is 3. The van der Waals surface area contributed by atoms with Gasteiger partial charge in [0.15, 0.2) is 0 Å². The predicted octanol–water partition coefficient (Wildman–Crippen LogP) is 3.31. The van der Waals surface area contributed by atoms with Gasteiger partial charge in [-0.05, 0) is 17.7 Å². The topological polar surface area (TPSA) is 32.3 Å². The fraction of sp³-hybridized carbons (Fsp3) is 0.533. The van der Waals surface area contributed by atoms with Crippen LogP contribution in [0.5, 0.6) is 0 Å². The molecule has 2 heterocycles. The summed E-state index contributed by atoms with van der Waals surface area (Å²) in [6.45, 7) is 5.44. The number of piperazine rings is 1. The number of carbonyl (C=O) groups is 1. The monoisotopic (exact) mass is 330 g/mol. The fourth-order valence-electron chi connectivity index (χ4n) is 3.07. The summed E-state index contributed by atoms with van der Waals surface area (Å²) in [7, 11) is 0. The Morgan fingerprint density at radius 2 is 2.09 bits per heavy atom. The van der Waals surface area contributed by atoms with Crippen LogP contribution in [0.2, 0.25) is 0 Å². The van der Waals surface area contributed by atoms with E-state index in [9.17, 15) is 18.0 Å². The van der Waals surface area contributed by atoms with E-state index in [0.29, 0.717) is 30.1 Å². The number of halogens is 3. The lowest BCUT2D eigenvalue weighted by molar-refractivity contribution is -0.138. The number of nitrogens with zero attached hydrogens (tertiary/aromatic N) is 1. The molecule has 2 aliphatic heterocycles. The van der Waals surface area contributed by atoms with Gasteiger partial charge in [0, 0.05) is 29.8 Å². The third-order valence-corrected chi connectivity index (χ3v) is 4.88. The summed E-state index contributed by atoms with van der Waals surface area (Å²) in [5.74, 6) is -0.491. The van der Waals surface area contributed by atoms with Crippen molar-refractivity contribution in [1.29, 1.82) is 0 Å². The lowest BCUT2D eigenvalue weighted by Crippen LogP contribution is -2.44. The molecule has 120 valence electrons. The molecule has 3 rings (SSSR count). The zero-order chi connectivity index (χ0) is 16.1. The Labute approximate surface area is 131 Å². The fourth-order valence-corrected chi connectivity index (χ4v) is 4.00. The van der Waals surface area contributed by atoms with Gasteiger partial charge >= 0.3 is 6.18 Å². The summed E-state index contributed by atoms with van der Waals surface area (Å²) in [4.78, 5) is 14.5. The van der Waals surface area contributed by atoms with Crippen LogP contribution < -0.4 is 5.32 Å². The van der Waals surface area contributed by atoms with Crippen molar-refractivity contribution in [3.05, 3.63) is 28.8 Å². The van der Waals surface area contributed by atoms with Gasteiger partial charge in [0.1, 0.15) is 0 Å². The van der Waals surface area contributed by atoms with Crippen molar-refractivity contribution >= 4 is 17.7 Å². The molecule has 1 aromatic rings. The summed E-state index contributed by atoms with van der Waals surface area (Å²) in [5.41, 5.74) is -0.447. The number of fused-ring (bicyclic) bond motifs is 3. The van der Waals surface area contributed by atoms with Gasteiger partial charge < -0.3 is 10.2 Å². The van der Waals surface area contributed by atoms with Crippen molar-refractivity contribution in [3.63, 3.8) is 0 Å². The smallest absolute Gasteiger partial charge is 0.329 e. The van der Waals surface area contributed by atoms with E-state index in [1.165, 1.54) is 11.8 Å². The molecule has 1 amide bonds. The van der Waals surface area contributed by atoms with Crippen molar-refractivity contribution in [2.45, 2.75) is 36.2 Å². The first-order valence-corrected chi connectivity index (χ1v) is 8.10. The summed E-state index contributed by atoms with van der Waals surface area (Å²) in [5, 5.41) is 3.33. The molecule has 7 heteroatoms. The predicted molar refractivity (Wildman–Crippen MR) is 79.1 cm³/mol. The Morgan fingerprint density at radius 3 is 2.73 bits per heavy atom. The summed E-state index contributed by atoms with van der Waals surface area (Å²) >= 11 is 1.39. The Bertz CT molecular complexity index is 616. The molecule has 0 aromatic heterocycles. The molecule has 0 spiro atoms. The van der Waals surface area contributed by atoms with Gasteiger partial charge in [-0.25, -0.2) is 0 Å². The molecule has 1 atom stereocenters. The minimum Gasteiger partial charge on any atom is -0.329 e. The molecular weight excluding hydrogens is 313 g/mol. The van der Waals surface area contributed by atoms with Gasteiger partial charge in [-0.2, -0.15) is 13.2 Å². The Morgan fingerprint density at radius 1 is 1.36 bits per heavy atom. The number of hydrogen-bond donors (Lipinski definition) is 1. The zero-order valence-electron chi connectivity index (χ0n) is 12.3. The summed E-state index contributed by atoms with van der Waals surface area (Å²) in [6, 6.07) is 2.59. The first kappa shape index (κ1) is 15.7. The average molecular weight is 330 g/mol. The molecule has 0 saturated carbocycles. The van der Waals surface area contributed by atoms with Gasteiger partial charge in [0.05, 0.1) is 17.2 Å². The third-order valence-electron chi connectivity index (χ3n) is 3.90. The molecule has 0 bridgehead atoms. The van der Waals surface area contributed by atoms with Crippen LogP contribution in [0.3, 0.4) is 0 Å². The number of nitrogens with one attached hydrogen (secondary N) is 1. The Kier molecular flexibility index (Phi) is 3.89. The van der Waals surface area contributed by atoms with Crippen LogP contribution in [0.25, 0.3) is 0 Å². The van der Waals surface area contributed by atoms with E-state index < -0.39 is 17.6 Å². The zero-order valence-corrected chi connectivity index (χ0v) is 13.1. The van der Waals surface area contributed by atoms with Crippen LogP contribution in [0, 0.1) is 0 Å². The Balaban J connectivity index is 2.16. The van der Waals surface area contributed by atoms with Gasteiger partial charge in [-0.15, -0.1) is 11.8 Å². The first-order valence-electron chi connectivity index (χ1n) is 7.22. The number of carbonyl (C=O) groups excluding carboxylic acids is 1. The van der Waals surface area contributed by atoms with Crippen LogP contribution >= 0.6 is 11.8 Å². The van der Waals surface area contributed by atoms with Crippen LogP contribution in [-0.4, -0.2) is 35.7 Å². The van der Waals surface area contributed by atoms with Crippen LogP contribution in [0.4, 0.5) is 13.2 Å². The summed E-state index contributed by atoms with van der Waals surface area (Å²) in [6.07, 6.45) is -4.52. The van der Waals surface area contributed by atoms with E-state index in [-0.39, 0.29) is 16.9 Å². The number of rotatable bonds is 2. The number of benzene rings is 1. The average Bonchev–Trinajstić information content (AvgIpc) is 2.71. The van der Waals surface area contributed by atoms with Gasteiger partial charge in [-0.3, -0.25) is 4.79 Å². The molecule has 1 N–H and O–H groups in total. The maximum atomic E-state index is 13.4. The van der Waals surface area contributed by atoms with Crippen molar-refractivity contribution in [3.8, 4) is 0 Å². The van der Waals surface area contributed by atoms with Gasteiger partial charge in [0.25, 0.3) is 5.91 Å². The maximum absolute atomic E-state index is 13.4. The van der Waals surface area contributed by atoms with Crippen LogP contribution in [-0.2, 0) is 6.18 Å². The molecule has 0 aliphatic carbocycles. The quantitative estimate of drug-likeness (QED) is 0.845. The normalized spacial score (nSPS) is 21.3. The van der Waals surface area contributed by atoms with E-state index in [2.05, 4.69) is 5.32 Å². The SMILES string of the molecule is CC(C)Sc1cc2c(c(C(F)(F)F)c1)C(=O)N1CCNC[C@@H]21. The molecule has 1 aromatic carbocycles. The second kappa shape index (κ2) is 5.45. The van der Waals surface area contributed by atoms with E-state index in [1.807, 2.05) is 13.8 Å². The highest BCUT2D eigenvalue weighted by Gasteiger charge is 2.45. The third kappa shape index (κ3) is 2.60. The molecule has 3 nitrogen and oxygen atoms in total. The van der Waals surface area contributed by atoms with Gasteiger partial charge in [0.2, 0.25) is 0 Å². The first-order chi connectivity index (χ1) is 10.3. The molecular formula is C15H17F3N2OS. The highest BCUT2D eigenvalue weighted by Crippen LogP contribution is 2.44. The van der Waals surface area contributed by atoms with Crippen molar-refractivity contribution in [2.24, 2.45) is 0 Å². The number of alkyl halides is 3. The summed E-state index contributed by atoms with van der Waals surface area (Å²) < 4.78 is 40.2. The Hall–Kier alpha value is -1.21. The molecule has 1 saturated heterocycles. The number of amides is 1. The number of thioether (sulfide) groups is 1. The molecule has 0 radical (unpaired) electrons. The van der Waals surface area contributed by atoms with E-state index in [0.717, 1.165) is 6.07 Å². The van der Waals surface area contributed by atoms with Crippen molar-refractivity contribution in [2.75, 3.05) is 19.6 Å². The highest BCUT2D eigenvalue weighted by molar-refractivity contribution is 7.99. The second-order valence-corrected chi connectivity index (χ2v) is 7.47. The molecule has 0 unspecified atom stereocenters. The van der Waals surface area contributed by atoms with E-state index in [1.54, 1.807) is 11.0 Å². The van der Waals surface area contributed by atoms with Gasteiger partial charge in [-0.1, -0.05) is 13.8 Å². The molecule has 2 aliphatic rings. The van der Waals surface area contributed by atoms with Crippen molar-refractivity contribution < 1.29 is 18.0 Å². The minimum atomic E-state index is -4.52. The lowest BCUT2D eigenvalue weighted by Gasteiger charge is -2.30. The van der Waals surface area contributed by atoms with Crippen molar-refractivity contribution in [1.82, 2.24) is 10.2 Å². The second-order valence-electron chi connectivity index (χ2n) is 5.82. The van der Waals surface area contributed by atoms with E-state index >= 15 is 0 Å². The minimum absolute atomic E-state index is 0.158. The lowest BCUT2D eigenvalue weighted by atomic mass is 9.98. The maximum Gasteiger partial charge on any atom is 0.417 e.